The Morgan fingerprint density at radius 1 is 0.478 bits per heavy atom. The van der Waals surface area contributed by atoms with E-state index in [1.807, 2.05) is 0 Å². The highest BCUT2D eigenvalue weighted by atomic mass is 19.4. The molecule has 0 saturated heterocycles. The Balaban J connectivity index is 6.14. The van der Waals surface area contributed by atoms with Gasteiger partial charge in [0.05, 0.1) is 6.42 Å². The van der Waals surface area contributed by atoms with Crippen LogP contribution >= 0.6 is 0 Å². The number of alkyl halides is 15. The third kappa shape index (κ3) is 3.14. The summed E-state index contributed by atoms with van der Waals surface area (Å²) in [6, 6.07) is 0. The lowest BCUT2D eigenvalue weighted by molar-refractivity contribution is -0.441. The summed E-state index contributed by atoms with van der Waals surface area (Å²) in [7, 11) is 0. The molecule has 0 amide bonds. The molecule has 0 aromatic carbocycles. The molecular formula is C8H3F15. The molecule has 0 fully saturated rings. The van der Waals surface area contributed by atoms with Crippen molar-refractivity contribution in [3.05, 3.63) is 0 Å². The van der Waals surface area contributed by atoms with Crippen molar-refractivity contribution in [3.8, 4) is 0 Å². The molecule has 15 heteroatoms. The first-order valence-electron chi connectivity index (χ1n) is 4.91. The normalized spacial score (nSPS) is 16.2. The van der Waals surface area contributed by atoms with Gasteiger partial charge in [0.15, 0.2) is 0 Å². The van der Waals surface area contributed by atoms with E-state index in [0.29, 0.717) is 0 Å². The van der Waals surface area contributed by atoms with E-state index in [4.69, 9.17) is 0 Å². The molecular weight excluding hydrogens is 381 g/mol. The lowest BCUT2D eigenvalue weighted by Crippen LogP contribution is -2.70. The van der Waals surface area contributed by atoms with Crippen LogP contribution in [-0.4, -0.2) is 42.2 Å². The van der Waals surface area contributed by atoms with E-state index < -0.39 is 48.6 Å². The molecule has 0 aliphatic carbocycles. The van der Waals surface area contributed by atoms with Gasteiger partial charge in [0, 0.05) is 0 Å². The first-order chi connectivity index (χ1) is 9.67. The molecule has 0 N–H and O–H groups in total. The summed E-state index contributed by atoms with van der Waals surface area (Å²) in [5.41, 5.74) is 0. The third-order valence-corrected chi connectivity index (χ3v) is 2.41. The largest absolute Gasteiger partial charge is 0.460 e. The molecule has 0 aromatic rings. The van der Waals surface area contributed by atoms with Gasteiger partial charge in [-0.25, -0.2) is 8.78 Å². The predicted molar refractivity (Wildman–Crippen MR) is 41.4 cm³/mol. The van der Waals surface area contributed by atoms with Crippen LogP contribution in [0, 0.1) is 0 Å². The number of hydrogen-bond donors (Lipinski definition) is 0. The molecule has 0 nitrogen and oxygen atoms in total. The molecule has 0 radical (unpaired) electrons. The molecule has 0 bridgehead atoms. The zero-order chi connectivity index (χ0) is 19.3. The first kappa shape index (κ1) is 21.9. The van der Waals surface area contributed by atoms with Crippen molar-refractivity contribution in [2.24, 2.45) is 0 Å². The van der Waals surface area contributed by atoms with Crippen LogP contribution in [0.15, 0.2) is 0 Å². The molecule has 0 atom stereocenters. The van der Waals surface area contributed by atoms with Crippen LogP contribution < -0.4 is 0 Å². The highest BCUT2D eigenvalue weighted by molar-refractivity contribution is 5.10. The van der Waals surface area contributed by atoms with E-state index in [2.05, 4.69) is 0 Å². The van der Waals surface area contributed by atoms with Crippen molar-refractivity contribution in [3.63, 3.8) is 0 Å². The van der Waals surface area contributed by atoms with E-state index in [1.54, 1.807) is 0 Å². The first-order valence-corrected chi connectivity index (χ1v) is 4.91. The zero-order valence-corrected chi connectivity index (χ0v) is 9.95. The number of halogens is 15. The summed E-state index contributed by atoms with van der Waals surface area (Å²) in [6.07, 6.45) is -15.5. The highest BCUT2D eigenvalue weighted by Gasteiger charge is 2.90. The van der Waals surface area contributed by atoms with Crippen LogP contribution in [0.1, 0.15) is 6.42 Å². The second-order valence-electron chi connectivity index (χ2n) is 4.09. The lowest BCUT2D eigenvalue weighted by Gasteiger charge is -2.39. The summed E-state index contributed by atoms with van der Waals surface area (Å²) < 4.78 is 184. The molecule has 0 aliphatic rings. The van der Waals surface area contributed by atoms with Gasteiger partial charge in [-0.15, -0.1) is 0 Å². The molecule has 0 spiro atoms. The van der Waals surface area contributed by atoms with Gasteiger partial charge in [0.25, 0.3) is 0 Å². The Kier molecular flexibility index (Phi) is 5.25. The predicted octanol–water partition coefficient (Wildman–Crippen LogP) is 5.38. The van der Waals surface area contributed by atoms with Crippen molar-refractivity contribution in [1.82, 2.24) is 0 Å². The third-order valence-electron chi connectivity index (χ3n) is 2.41. The minimum Gasteiger partial charge on any atom is -0.210 e. The van der Waals surface area contributed by atoms with Crippen LogP contribution in [0.3, 0.4) is 0 Å². The second-order valence-corrected chi connectivity index (χ2v) is 4.09. The van der Waals surface area contributed by atoms with Gasteiger partial charge in [-0.3, -0.25) is 0 Å². The van der Waals surface area contributed by atoms with Crippen molar-refractivity contribution < 1.29 is 65.9 Å². The van der Waals surface area contributed by atoms with E-state index >= 15 is 0 Å². The van der Waals surface area contributed by atoms with Gasteiger partial charge in [0.2, 0.25) is 6.43 Å². The summed E-state index contributed by atoms with van der Waals surface area (Å²) in [5.74, 6) is -38.3. The molecule has 0 saturated carbocycles. The Labute approximate surface area is 116 Å². The molecule has 0 aromatic heterocycles. The lowest BCUT2D eigenvalue weighted by atomic mass is 9.93. The zero-order valence-electron chi connectivity index (χ0n) is 9.95. The molecule has 0 rings (SSSR count). The Hall–Kier alpha value is -1.05. The van der Waals surface area contributed by atoms with Crippen molar-refractivity contribution in [1.29, 1.82) is 0 Å². The molecule has 140 valence electrons. The van der Waals surface area contributed by atoms with E-state index in [0.717, 1.165) is 0 Å². The molecule has 23 heavy (non-hydrogen) atoms. The topological polar surface area (TPSA) is 0 Å². The molecule has 0 unspecified atom stereocenters. The standard InChI is InChI=1S/C8H3F15/c9-2(10)1-3(11,12)4(13,14)5(15,16)6(17,18)7(19,20)8(21,22)23/h2H,1H2. The summed E-state index contributed by atoms with van der Waals surface area (Å²) in [5, 5.41) is 0. The van der Waals surface area contributed by atoms with Crippen molar-refractivity contribution in [2.75, 3.05) is 0 Å². The van der Waals surface area contributed by atoms with Gasteiger partial charge in [-0.1, -0.05) is 0 Å². The Morgan fingerprint density at radius 3 is 1.04 bits per heavy atom. The number of rotatable bonds is 6. The fraction of sp³-hybridized carbons (Fsp3) is 1.00. The Morgan fingerprint density at radius 2 is 0.783 bits per heavy atom. The average molecular weight is 384 g/mol. The highest BCUT2D eigenvalue weighted by Crippen LogP contribution is 2.60. The smallest absolute Gasteiger partial charge is 0.210 e. The maximum atomic E-state index is 12.7. The fourth-order valence-corrected chi connectivity index (χ4v) is 1.12. The SMILES string of the molecule is FC(F)CC(F)(F)C(F)(F)C(F)(F)C(F)(F)C(F)(F)C(F)(F)F. The second kappa shape index (κ2) is 5.50. The monoisotopic (exact) mass is 384 g/mol. The summed E-state index contributed by atoms with van der Waals surface area (Å²) in [6.45, 7) is 0. The summed E-state index contributed by atoms with van der Waals surface area (Å²) >= 11 is 0. The maximum Gasteiger partial charge on any atom is 0.460 e. The van der Waals surface area contributed by atoms with Crippen LogP contribution in [0.4, 0.5) is 65.9 Å². The molecule has 0 heterocycles. The van der Waals surface area contributed by atoms with Gasteiger partial charge < -0.3 is 0 Å². The van der Waals surface area contributed by atoms with Crippen molar-refractivity contribution in [2.45, 2.75) is 48.6 Å². The van der Waals surface area contributed by atoms with Crippen molar-refractivity contribution >= 4 is 0 Å². The van der Waals surface area contributed by atoms with Gasteiger partial charge in [-0.05, 0) is 0 Å². The fourth-order valence-electron chi connectivity index (χ4n) is 1.12. The molecule has 0 aliphatic heterocycles. The summed E-state index contributed by atoms with van der Waals surface area (Å²) in [4.78, 5) is 0. The minimum absolute atomic E-state index is 3.48. The van der Waals surface area contributed by atoms with Crippen LogP contribution in [0.2, 0.25) is 0 Å². The van der Waals surface area contributed by atoms with Gasteiger partial charge >= 0.3 is 35.8 Å². The maximum absolute atomic E-state index is 12.7. The average Bonchev–Trinajstić information content (AvgIpc) is 2.24. The van der Waals surface area contributed by atoms with E-state index in [9.17, 15) is 65.9 Å². The van der Waals surface area contributed by atoms with E-state index in [1.165, 1.54) is 0 Å². The minimum atomic E-state index is -8.06. The quantitative estimate of drug-likeness (QED) is 0.540. The van der Waals surface area contributed by atoms with E-state index in [-0.39, 0.29) is 0 Å². The van der Waals surface area contributed by atoms with Gasteiger partial charge in [-0.2, -0.15) is 57.1 Å². The van der Waals surface area contributed by atoms with Crippen LogP contribution in [0.25, 0.3) is 0 Å². The van der Waals surface area contributed by atoms with Crippen LogP contribution in [0.5, 0.6) is 0 Å². The Bertz CT molecular complexity index is 416. The van der Waals surface area contributed by atoms with Crippen LogP contribution in [-0.2, 0) is 0 Å². The number of hydrogen-bond acceptors (Lipinski definition) is 0. The van der Waals surface area contributed by atoms with Gasteiger partial charge in [0.1, 0.15) is 0 Å².